The average molecular weight is 422 g/mol. The lowest BCUT2D eigenvalue weighted by molar-refractivity contribution is -0.00555. The summed E-state index contributed by atoms with van der Waals surface area (Å²) in [4.78, 5) is 29.8. The normalized spacial score (nSPS) is 29.4. The van der Waals surface area contributed by atoms with Crippen molar-refractivity contribution in [1.82, 2.24) is 19.6 Å². The Labute approximate surface area is 177 Å². The van der Waals surface area contributed by atoms with E-state index in [4.69, 9.17) is 0 Å². The minimum absolute atomic E-state index is 0.00431. The summed E-state index contributed by atoms with van der Waals surface area (Å²) in [6, 6.07) is 3.65. The van der Waals surface area contributed by atoms with E-state index in [1.807, 2.05) is 13.0 Å². The maximum atomic E-state index is 12.8. The van der Waals surface area contributed by atoms with Crippen LogP contribution >= 0.6 is 11.3 Å². The van der Waals surface area contributed by atoms with Crippen molar-refractivity contribution in [3.63, 3.8) is 0 Å². The fraction of sp³-hybridized carbons (Fsp3) is 0.500. The molecule has 0 aromatic carbocycles. The molecule has 0 aliphatic heterocycles. The van der Waals surface area contributed by atoms with Crippen LogP contribution in [-0.2, 0) is 5.41 Å². The van der Waals surface area contributed by atoms with Crippen LogP contribution in [0.4, 0.5) is 5.13 Å². The first-order chi connectivity index (χ1) is 14.5. The molecule has 4 aliphatic carbocycles. The Kier molecular flexibility index (Phi) is 3.90. The third-order valence-electron chi connectivity index (χ3n) is 7.23. The highest BCUT2D eigenvalue weighted by molar-refractivity contribution is 7.15. The molecule has 1 amide bonds. The highest BCUT2D eigenvalue weighted by Crippen LogP contribution is 2.61. The van der Waals surface area contributed by atoms with Crippen LogP contribution in [0.3, 0.4) is 0 Å². The molecule has 1 N–H and O–H groups in total. The number of rotatable bonds is 3. The van der Waals surface area contributed by atoms with Crippen molar-refractivity contribution < 1.29 is 4.79 Å². The fourth-order valence-corrected chi connectivity index (χ4v) is 7.32. The number of hydrogen-bond donors (Lipinski definition) is 1. The van der Waals surface area contributed by atoms with Gasteiger partial charge < -0.3 is 0 Å². The number of carbonyl (C=O) groups is 1. The molecule has 7 nitrogen and oxygen atoms in total. The number of aryl methyl sites for hydroxylation is 1. The zero-order chi connectivity index (χ0) is 20.5. The van der Waals surface area contributed by atoms with Gasteiger partial charge in [-0.15, -0.1) is 10.2 Å². The molecule has 0 radical (unpaired) electrons. The topological polar surface area (TPSA) is 89.2 Å². The molecular weight excluding hydrogens is 398 g/mol. The highest BCUT2D eigenvalue weighted by atomic mass is 32.1. The van der Waals surface area contributed by atoms with Gasteiger partial charge in [0.25, 0.3) is 11.5 Å². The van der Waals surface area contributed by atoms with Crippen molar-refractivity contribution in [1.29, 1.82) is 0 Å². The molecule has 3 heterocycles. The van der Waals surface area contributed by atoms with Crippen LogP contribution in [0.5, 0.6) is 0 Å². The molecule has 30 heavy (non-hydrogen) atoms. The molecule has 3 aromatic heterocycles. The minimum atomic E-state index is -0.489. The van der Waals surface area contributed by atoms with E-state index in [2.05, 4.69) is 20.5 Å². The maximum absolute atomic E-state index is 12.8. The first-order valence-corrected chi connectivity index (χ1v) is 11.4. The van der Waals surface area contributed by atoms with Crippen LogP contribution in [0.1, 0.15) is 59.5 Å². The quantitative estimate of drug-likeness (QED) is 0.698. The predicted molar refractivity (Wildman–Crippen MR) is 114 cm³/mol. The molecule has 0 saturated heterocycles. The number of amides is 1. The summed E-state index contributed by atoms with van der Waals surface area (Å²) >= 11 is 1.47. The number of pyridine rings is 1. The van der Waals surface area contributed by atoms with Gasteiger partial charge in [-0.3, -0.25) is 19.3 Å². The van der Waals surface area contributed by atoms with Gasteiger partial charge in [-0.05, 0) is 74.8 Å². The molecule has 3 aromatic rings. The fourth-order valence-electron chi connectivity index (χ4n) is 6.36. The van der Waals surface area contributed by atoms with Crippen LogP contribution in [0.25, 0.3) is 5.65 Å². The zero-order valence-electron chi connectivity index (χ0n) is 16.8. The Hall–Kier alpha value is -2.61. The van der Waals surface area contributed by atoms with E-state index in [-0.39, 0.29) is 16.5 Å². The van der Waals surface area contributed by atoms with E-state index < -0.39 is 5.91 Å². The number of aromatic nitrogens is 4. The molecule has 7 rings (SSSR count). The molecule has 4 aliphatic rings. The van der Waals surface area contributed by atoms with Crippen molar-refractivity contribution in [2.75, 3.05) is 5.32 Å². The lowest BCUT2D eigenvalue weighted by Gasteiger charge is -2.55. The van der Waals surface area contributed by atoms with Crippen LogP contribution in [0, 0.1) is 24.7 Å². The highest BCUT2D eigenvalue weighted by Gasteiger charge is 2.53. The molecule has 4 bridgehead atoms. The first kappa shape index (κ1) is 18.2. The van der Waals surface area contributed by atoms with Gasteiger partial charge in [-0.25, -0.2) is 4.98 Å². The summed E-state index contributed by atoms with van der Waals surface area (Å²) in [5.74, 6) is 1.98. The third-order valence-corrected chi connectivity index (χ3v) is 8.32. The predicted octanol–water partition coefficient (Wildman–Crippen LogP) is 3.57. The van der Waals surface area contributed by atoms with E-state index >= 15 is 0 Å². The van der Waals surface area contributed by atoms with Gasteiger partial charge >= 0.3 is 0 Å². The zero-order valence-corrected chi connectivity index (χ0v) is 17.6. The Morgan fingerprint density at radius 2 is 1.83 bits per heavy atom. The van der Waals surface area contributed by atoms with Crippen LogP contribution in [0.15, 0.2) is 29.3 Å². The summed E-state index contributed by atoms with van der Waals surface area (Å²) in [6.45, 7) is 1.89. The summed E-state index contributed by atoms with van der Waals surface area (Å²) in [5.41, 5.74) is 1.21. The van der Waals surface area contributed by atoms with Crippen LogP contribution in [-0.4, -0.2) is 25.5 Å². The molecule has 0 spiro atoms. The van der Waals surface area contributed by atoms with E-state index in [1.165, 1.54) is 60.5 Å². The Morgan fingerprint density at radius 3 is 2.53 bits per heavy atom. The second-order valence-electron chi connectivity index (χ2n) is 9.48. The van der Waals surface area contributed by atoms with Gasteiger partial charge in [-0.2, -0.15) is 0 Å². The molecule has 4 saturated carbocycles. The Balaban J connectivity index is 1.27. The molecule has 8 heteroatoms. The van der Waals surface area contributed by atoms with Crippen LogP contribution in [0.2, 0.25) is 0 Å². The van der Waals surface area contributed by atoms with E-state index in [0.717, 1.165) is 28.3 Å². The average Bonchev–Trinajstić information content (AvgIpc) is 3.17. The number of carbonyl (C=O) groups excluding carboxylic acids is 1. The van der Waals surface area contributed by atoms with Crippen LogP contribution < -0.4 is 10.9 Å². The summed E-state index contributed by atoms with van der Waals surface area (Å²) < 4.78 is 1.41. The van der Waals surface area contributed by atoms with Crippen molar-refractivity contribution in [3.05, 3.63) is 51.0 Å². The number of hydrogen-bond acceptors (Lipinski definition) is 6. The number of nitrogens with zero attached hydrogens (tertiary/aromatic N) is 4. The first-order valence-electron chi connectivity index (χ1n) is 10.6. The van der Waals surface area contributed by atoms with E-state index in [1.54, 1.807) is 12.3 Å². The lowest BCUT2D eigenvalue weighted by Crippen LogP contribution is -2.48. The summed E-state index contributed by atoms with van der Waals surface area (Å²) in [6.07, 6.45) is 10.8. The summed E-state index contributed by atoms with van der Waals surface area (Å²) in [7, 11) is 0. The van der Waals surface area contributed by atoms with Gasteiger partial charge in [0, 0.05) is 17.8 Å². The van der Waals surface area contributed by atoms with Crippen molar-refractivity contribution >= 4 is 28.0 Å². The molecule has 4 fully saturated rings. The van der Waals surface area contributed by atoms with Crippen molar-refractivity contribution in [2.24, 2.45) is 17.8 Å². The SMILES string of the molecule is Cc1ccc2ncc(C(=O)Nc3nnc(C45CC6CC(CC(C6)C4)C5)s3)c(=O)n2c1. The number of anilines is 1. The maximum Gasteiger partial charge on any atom is 0.270 e. The van der Waals surface area contributed by atoms with Gasteiger partial charge in [-0.1, -0.05) is 17.4 Å². The summed E-state index contributed by atoms with van der Waals surface area (Å²) in [5, 5.41) is 13.0. The van der Waals surface area contributed by atoms with Gasteiger partial charge in [0.1, 0.15) is 16.2 Å². The second kappa shape index (κ2) is 6.44. The van der Waals surface area contributed by atoms with Gasteiger partial charge in [0.05, 0.1) is 0 Å². The minimum Gasteiger partial charge on any atom is -0.296 e. The second-order valence-corrected chi connectivity index (χ2v) is 10.5. The number of nitrogens with one attached hydrogen (secondary N) is 1. The Bertz CT molecular complexity index is 1190. The van der Waals surface area contributed by atoms with Gasteiger partial charge in [0.15, 0.2) is 0 Å². The third kappa shape index (κ3) is 2.80. The molecular formula is C22H23N5O2S. The smallest absolute Gasteiger partial charge is 0.270 e. The molecule has 154 valence electrons. The van der Waals surface area contributed by atoms with Crippen molar-refractivity contribution in [2.45, 2.75) is 50.9 Å². The van der Waals surface area contributed by atoms with Crippen molar-refractivity contribution in [3.8, 4) is 0 Å². The Morgan fingerprint density at radius 1 is 1.13 bits per heavy atom. The van der Waals surface area contributed by atoms with E-state index in [9.17, 15) is 9.59 Å². The largest absolute Gasteiger partial charge is 0.296 e. The molecule has 0 atom stereocenters. The van der Waals surface area contributed by atoms with Gasteiger partial charge in [0.2, 0.25) is 5.13 Å². The molecule has 0 unspecified atom stereocenters. The number of fused-ring (bicyclic) bond motifs is 1. The van der Waals surface area contributed by atoms with E-state index in [0.29, 0.717) is 10.8 Å². The standard InChI is InChI=1S/C22H23N5O2S/c1-12-2-3-17-23-10-16(19(29)27(17)11-12)18(28)24-21-26-25-20(30-21)22-7-13-4-14(8-22)6-15(5-13)9-22/h2-3,10-11,13-15H,4-9H2,1H3,(H,24,26,28). The lowest BCUT2D eigenvalue weighted by atomic mass is 9.50. The monoisotopic (exact) mass is 421 g/mol.